The maximum atomic E-state index is 5.96. The van der Waals surface area contributed by atoms with Gasteiger partial charge in [-0.3, -0.25) is 4.90 Å². The lowest BCUT2D eigenvalue weighted by Gasteiger charge is -2.22. The highest BCUT2D eigenvalue weighted by Crippen LogP contribution is 2.22. The molecule has 0 radical (unpaired) electrons. The minimum Gasteiger partial charge on any atom is -0.497 e. The Morgan fingerprint density at radius 3 is 3.12 bits per heavy atom. The molecule has 0 amide bonds. The molecule has 2 nitrogen and oxygen atoms in total. The molecule has 1 saturated heterocycles. The van der Waals surface area contributed by atoms with Crippen molar-refractivity contribution in [3.63, 3.8) is 0 Å². The van der Waals surface area contributed by atoms with Crippen molar-refractivity contribution in [2.75, 3.05) is 19.5 Å². The molecule has 1 aromatic carbocycles. The quantitative estimate of drug-likeness (QED) is 0.750. The molecule has 0 bridgehead atoms. The summed E-state index contributed by atoms with van der Waals surface area (Å²) in [4.78, 5) is 2.46. The average molecular weight is 240 g/mol. The van der Waals surface area contributed by atoms with E-state index in [1.54, 1.807) is 7.11 Å². The van der Waals surface area contributed by atoms with Gasteiger partial charge in [0.2, 0.25) is 0 Å². The first-order valence-corrected chi connectivity index (χ1v) is 6.30. The first kappa shape index (κ1) is 11.7. The lowest BCUT2D eigenvalue weighted by atomic mass is 10.2. The summed E-state index contributed by atoms with van der Waals surface area (Å²) >= 11 is 5.96. The zero-order valence-corrected chi connectivity index (χ0v) is 10.4. The first-order valence-electron chi connectivity index (χ1n) is 5.76. The number of likely N-dealkylation sites (tertiary alicyclic amines) is 1. The third-order valence-corrected chi connectivity index (χ3v) is 3.55. The summed E-state index contributed by atoms with van der Waals surface area (Å²) in [5.41, 5.74) is 1.30. The van der Waals surface area contributed by atoms with Crippen molar-refractivity contribution in [1.29, 1.82) is 0 Å². The number of alkyl halides is 1. The van der Waals surface area contributed by atoms with Gasteiger partial charge in [0.25, 0.3) is 0 Å². The lowest BCUT2D eigenvalue weighted by Crippen LogP contribution is -2.30. The van der Waals surface area contributed by atoms with Crippen molar-refractivity contribution in [2.24, 2.45) is 0 Å². The Kier molecular flexibility index (Phi) is 4.08. The number of nitrogens with zero attached hydrogens (tertiary/aromatic N) is 1. The van der Waals surface area contributed by atoms with Crippen molar-refractivity contribution in [1.82, 2.24) is 4.90 Å². The van der Waals surface area contributed by atoms with E-state index in [0.29, 0.717) is 6.04 Å². The van der Waals surface area contributed by atoms with Crippen LogP contribution in [0.3, 0.4) is 0 Å². The standard InChI is InChI=1S/C13H18ClNO/c1-16-13-6-2-4-11(8-13)10-15-7-3-5-12(15)9-14/h2,4,6,8,12H,3,5,7,9-10H2,1H3. The van der Waals surface area contributed by atoms with Gasteiger partial charge in [0.1, 0.15) is 5.75 Å². The van der Waals surface area contributed by atoms with Gasteiger partial charge in [0.05, 0.1) is 7.11 Å². The van der Waals surface area contributed by atoms with Crippen LogP contribution < -0.4 is 4.74 Å². The van der Waals surface area contributed by atoms with Crippen LogP contribution in [0.25, 0.3) is 0 Å². The molecular weight excluding hydrogens is 222 g/mol. The van der Waals surface area contributed by atoms with Crippen molar-refractivity contribution in [2.45, 2.75) is 25.4 Å². The summed E-state index contributed by atoms with van der Waals surface area (Å²) in [6.07, 6.45) is 2.49. The molecule has 1 aliphatic rings. The normalized spacial score (nSPS) is 21.2. The molecule has 0 saturated carbocycles. The summed E-state index contributed by atoms with van der Waals surface area (Å²) in [7, 11) is 1.70. The monoisotopic (exact) mass is 239 g/mol. The third kappa shape index (κ3) is 2.69. The molecule has 0 aliphatic carbocycles. The van der Waals surface area contributed by atoms with Gasteiger partial charge in [-0.25, -0.2) is 0 Å². The Morgan fingerprint density at radius 1 is 1.50 bits per heavy atom. The van der Waals surface area contributed by atoms with E-state index in [2.05, 4.69) is 17.0 Å². The SMILES string of the molecule is COc1cccc(CN2CCCC2CCl)c1. The van der Waals surface area contributed by atoms with Gasteiger partial charge in [-0.1, -0.05) is 12.1 Å². The number of ether oxygens (including phenoxy) is 1. The fraction of sp³-hybridized carbons (Fsp3) is 0.538. The van der Waals surface area contributed by atoms with Crippen molar-refractivity contribution in [3.8, 4) is 5.75 Å². The fourth-order valence-electron chi connectivity index (χ4n) is 2.28. The van der Waals surface area contributed by atoms with E-state index < -0.39 is 0 Å². The summed E-state index contributed by atoms with van der Waals surface area (Å²) in [5.74, 6) is 1.67. The van der Waals surface area contributed by atoms with Crippen LogP contribution in [0.4, 0.5) is 0 Å². The smallest absolute Gasteiger partial charge is 0.119 e. The highest BCUT2D eigenvalue weighted by Gasteiger charge is 2.23. The largest absolute Gasteiger partial charge is 0.497 e. The molecule has 1 aromatic rings. The zero-order chi connectivity index (χ0) is 11.4. The average Bonchev–Trinajstić information content (AvgIpc) is 2.76. The van der Waals surface area contributed by atoms with E-state index in [1.165, 1.54) is 18.4 Å². The molecule has 1 unspecified atom stereocenters. The summed E-state index contributed by atoms with van der Waals surface area (Å²) < 4.78 is 5.23. The summed E-state index contributed by atoms with van der Waals surface area (Å²) in [6.45, 7) is 2.14. The van der Waals surface area contributed by atoms with Crippen molar-refractivity contribution in [3.05, 3.63) is 29.8 Å². The fourth-order valence-corrected chi connectivity index (χ4v) is 2.63. The number of hydrogen-bond donors (Lipinski definition) is 0. The zero-order valence-electron chi connectivity index (χ0n) is 9.66. The Hall–Kier alpha value is -0.730. The molecule has 0 spiro atoms. The minimum atomic E-state index is 0.549. The highest BCUT2D eigenvalue weighted by atomic mass is 35.5. The maximum Gasteiger partial charge on any atom is 0.119 e. The van der Waals surface area contributed by atoms with Crippen LogP contribution in [-0.4, -0.2) is 30.5 Å². The Balaban J connectivity index is 2.02. The second-order valence-corrected chi connectivity index (χ2v) is 4.58. The Morgan fingerprint density at radius 2 is 2.38 bits per heavy atom. The molecule has 16 heavy (non-hydrogen) atoms. The number of hydrogen-bond acceptors (Lipinski definition) is 2. The van der Waals surface area contributed by atoms with E-state index in [9.17, 15) is 0 Å². The van der Waals surface area contributed by atoms with Crippen LogP contribution in [0.1, 0.15) is 18.4 Å². The van der Waals surface area contributed by atoms with Crippen LogP contribution in [0.5, 0.6) is 5.75 Å². The number of benzene rings is 1. The minimum absolute atomic E-state index is 0.549. The first-order chi connectivity index (χ1) is 7.83. The summed E-state index contributed by atoms with van der Waals surface area (Å²) in [6, 6.07) is 8.82. The van der Waals surface area contributed by atoms with Crippen LogP contribution >= 0.6 is 11.6 Å². The van der Waals surface area contributed by atoms with E-state index in [0.717, 1.165) is 24.7 Å². The second-order valence-electron chi connectivity index (χ2n) is 4.27. The number of methoxy groups -OCH3 is 1. The molecule has 3 heteroatoms. The van der Waals surface area contributed by atoms with Gasteiger partial charge in [-0.15, -0.1) is 11.6 Å². The van der Waals surface area contributed by atoms with Crippen molar-refractivity contribution < 1.29 is 4.74 Å². The lowest BCUT2D eigenvalue weighted by molar-refractivity contribution is 0.262. The highest BCUT2D eigenvalue weighted by molar-refractivity contribution is 6.18. The predicted molar refractivity (Wildman–Crippen MR) is 67.1 cm³/mol. The third-order valence-electron chi connectivity index (χ3n) is 3.20. The topological polar surface area (TPSA) is 12.5 Å². The molecule has 1 heterocycles. The molecule has 2 rings (SSSR count). The van der Waals surface area contributed by atoms with Crippen LogP contribution in [0, 0.1) is 0 Å². The Labute approximate surface area is 102 Å². The molecule has 88 valence electrons. The van der Waals surface area contributed by atoms with E-state index in [-0.39, 0.29) is 0 Å². The van der Waals surface area contributed by atoms with Gasteiger partial charge >= 0.3 is 0 Å². The number of rotatable bonds is 4. The Bertz CT molecular complexity index is 342. The second kappa shape index (κ2) is 5.55. The summed E-state index contributed by atoms with van der Waals surface area (Å²) in [5, 5.41) is 0. The van der Waals surface area contributed by atoms with Crippen LogP contribution in [0.2, 0.25) is 0 Å². The number of halogens is 1. The van der Waals surface area contributed by atoms with Crippen molar-refractivity contribution >= 4 is 11.6 Å². The molecule has 1 fully saturated rings. The van der Waals surface area contributed by atoms with Gasteiger partial charge in [-0.2, -0.15) is 0 Å². The van der Waals surface area contributed by atoms with Gasteiger partial charge in [0, 0.05) is 18.5 Å². The molecule has 1 aliphatic heterocycles. The van der Waals surface area contributed by atoms with Gasteiger partial charge < -0.3 is 4.74 Å². The molecule has 0 N–H and O–H groups in total. The molecule has 1 atom stereocenters. The van der Waals surface area contributed by atoms with Gasteiger partial charge in [0.15, 0.2) is 0 Å². The molecular formula is C13H18ClNO. The predicted octanol–water partition coefficient (Wildman–Crippen LogP) is 2.90. The van der Waals surface area contributed by atoms with Crippen LogP contribution in [0.15, 0.2) is 24.3 Å². The van der Waals surface area contributed by atoms with E-state index in [4.69, 9.17) is 16.3 Å². The maximum absolute atomic E-state index is 5.96. The van der Waals surface area contributed by atoms with Crippen LogP contribution in [-0.2, 0) is 6.54 Å². The molecule has 0 aromatic heterocycles. The van der Waals surface area contributed by atoms with E-state index in [1.807, 2.05) is 12.1 Å². The van der Waals surface area contributed by atoms with E-state index >= 15 is 0 Å². The van der Waals surface area contributed by atoms with Gasteiger partial charge in [-0.05, 0) is 37.1 Å².